The average molecular weight is 362 g/mol. The van der Waals surface area contributed by atoms with E-state index in [0.717, 1.165) is 53.8 Å². The molecule has 0 aliphatic heterocycles. The molecule has 0 unspecified atom stereocenters. The number of nitrogens with zero attached hydrogens (tertiary/aromatic N) is 2. The highest BCUT2D eigenvalue weighted by atomic mass is 16.5. The lowest BCUT2D eigenvalue weighted by molar-refractivity contribution is 0.306. The van der Waals surface area contributed by atoms with Crippen molar-refractivity contribution in [2.75, 3.05) is 17.2 Å². The molecule has 2 N–H and O–H groups in total. The van der Waals surface area contributed by atoms with Crippen LogP contribution in [-0.4, -0.2) is 16.5 Å². The molecule has 0 saturated heterocycles. The summed E-state index contributed by atoms with van der Waals surface area (Å²) in [6.45, 7) is 5.55. The molecule has 5 heteroatoms. The minimum atomic E-state index is 0.561. The largest absolute Gasteiger partial charge is 0.489 e. The molecule has 3 rings (SSSR count). The topological polar surface area (TPSA) is 59.1 Å². The number of rotatable bonds is 9. The standard InChI is InChI=1S/C22H26N4O/c1-3-4-14-23-21-15-22(25-17(2)24-21)26-19-10-12-20(13-11-19)27-16-18-8-6-5-7-9-18/h5-13,15H,3-4,14,16H2,1-2H3,(H2,23,24,25,26). The molecule has 0 atom stereocenters. The Labute approximate surface area is 160 Å². The summed E-state index contributed by atoms with van der Waals surface area (Å²) in [6, 6.07) is 20.0. The van der Waals surface area contributed by atoms with Gasteiger partial charge in [-0.3, -0.25) is 0 Å². The molecule has 0 fully saturated rings. The zero-order valence-electron chi connectivity index (χ0n) is 15.9. The summed E-state index contributed by atoms with van der Waals surface area (Å²) < 4.78 is 5.83. The van der Waals surface area contributed by atoms with Gasteiger partial charge in [-0.25, -0.2) is 9.97 Å². The summed E-state index contributed by atoms with van der Waals surface area (Å²) in [4.78, 5) is 8.89. The maximum Gasteiger partial charge on any atom is 0.136 e. The lowest BCUT2D eigenvalue weighted by Gasteiger charge is -2.11. The predicted octanol–water partition coefficient (Wildman–Crippen LogP) is 5.32. The van der Waals surface area contributed by atoms with E-state index in [4.69, 9.17) is 4.74 Å². The number of ether oxygens (including phenoxy) is 1. The number of hydrogen-bond acceptors (Lipinski definition) is 5. The summed E-state index contributed by atoms with van der Waals surface area (Å²) in [5.41, 5.74) is 2.11. The Bertz CT molecular complexity index is 835. The normalized spacial score (nSPS) is 10.4. The van der Waals surface area contributed by atoms with Crippen LogP contribution in [0, 0.1) is 6.92 Å². The quantitative estimate of drug-likeness (QED) is 0.505. The highest BCUT2D eigenvalue weighted by Crippen LogP contribution is 2.21. The van der Waals surface area contributed by atoms with Crippen LogP contribution >= 0.6 is 0 Å². The van der Waals surface area contributed by atoms with Gasteiger partial charge in [-0.15, -0.1) is 0 Å². The molecule has 0 spiro atoms. The molecule has 0 aliphatic carbocycles. The van der Waals surface area contributed by atoms with E-state index in [1.807, 2.05) is 55.5 Å². The van der Waals surface area contributed by atoms with Crippen molar-refractivity contribution in [1.82, 2.24) is 9.97 Å². The lowest BCUT2D eigenvalue weighted by Crippen LogP contribution is -2.06. The molecular weight excluding hydrogens is 336 g/mol. The van der Waals surface area contributed by atoms with Gasteiger partial charge in [-0.2, -0.15) is 0 Å². The van der Waals surface area contributed by atoms with Crippen LogP contribution in [0.2, 0.25) is 0 Å². The van der Waals surface area contributed by atoms with Crippen molar-refractivity contribution in [3.05, 3.63) is 72.1 Å². The zero-order valence-corrected chi connectivity index (χ0v) is 15.9. The SMILES string of the molecule is CCCCNc1cc(Nc2ccc(OCc3ccccc3)cc2)nc(C)n1. The second-order valence-electron chi connectivity index (χ2n) is 6.39. The Morgan fingerprint density at radius 3 is 2.41 bits per heavy atom. The molecule has 0 saturated carbocycles. The monoisotopic (exact) mass is 362 g/mol. The summed E-state index contributed by atoms with van der Waals surface area (Å²) in [5.74, 6) is 3.20. The first-order valence-electron chi connectivity index (χ1n) is 9.36. The van der Waals surface area contributed by atoms with Crippen LogP contribution < -0.4 is 15.4 Å². The molecule has 0 radical (unpaired) electrons. The van der Waals surface area contributed by atoms with Crippen molar-refractivity contribution in [1.29, 1.82) is 0 Å². The van der Waals surface area contributed by atoms with Gasteiger partial charge in [0.15, 0.2) is 0 Å². The van der Waals surface area contributed by atoms with E-state index in [1.54, 1.807) is 0 Å². The summed E-state index contributed by atoms with van der Waals surface area (Å²) in [7, 11) is 0. The molecule has 1 aromatic heterocycles. The number of aryl methyl sites for hydroxylation is 1. The minimum absolute atomic E-state index is 0.561. The molecule has 0 amide bonds. The van der Waals surface area contributed by atoms with Gasteiger partial charge in [-0.1, -0.05) is 43.7 Å². The van der Waals surface area contributed by atoms with Crippen molar-refractivity contribution in [2.45, 2.75) is 33.3 Å². The number of nitrogens with one attached hydrogen (secondary N) is 2. The van der Waals surface area contributed by atoms with Gasteiger partial charge in [0.1, 0.15) is 29.8 Å². The number of hydrogen-bond donors (Lipinski definition) is 2. The zero-order chi connectivity index (χ0) is 18.9. The van der Waals surface area contributed by atoms with E-state index in [0.29, 0.717) is 6.61 Å². The Morgan fingerprint density at radius 1 is 0.926 bits per heavy atom. The third-order valence-corrected chi connectivity index (χ3v) is 4.05. The van der Waals surface area contributed by atoms with Crippen molar-refractivity contribution >= 4 is 17.3 Å². The Morgan fingerprint density at radius 2 is 1.67 bits per heavy atom. The highest BCUT2D eigenvalue weighted by molar-refractivity contribution is 5.60. The number of benzene rings is 2. The van der Waals surface area contributed by atoms with E-state index >= 15 is 0 Å². The van der Waals surface area contributed by atoms with Gasteiger partial charge in [0.2, 0.25) is 0 Å². The van der Waals surface area contributed by atoms with E-state index in [2.05, 4.69) is 39.7 Å². The van der Waals surface area contributed by atoms with Crippen molar-refractivity contribution in [2.24, 2.45) is 0 Å². The first kappa shape index (κ1) is 18.7. The van der Waals surface area contributed by atoms with Crippen LogP contribution in [-0.2, 0) is 6.61 Å². The smallest absolute Gasteiger partial charge is 0.136 e. The van der Waals surface area contributed by atoms with Gasteiger partial charge >= 0.3 is 0 Å². The molecule has 140 valence electrons. The summed E-state index contributed by atoms with van der Waals surface area (Å²) in [6.07, 6.45) is 2.27. The van der Waals surface area contributed by atoms with Crippen molar-refractivity contribution in [3.63, 3.8) is 0 Å². The maximum atomic E-state index is 5.83. The van der Waals surface area contributed by atoms with Gasteiger partial charge in [0, 0.05) is 18.3 Å². The van der Waals surface area contributed by atoms with Crippen molar-refractivity contribution in [3.8, 4) is 5.75 Å². The Kier molecular flexibility index (Phi) is 6.63. The molecule has 0 aliphatic rings. The van der Waals surface area contributed by atoms with Gasteiger partial charge in [-0.05, 0) is 43.2 Å². The maximum absolute atomic E-state index is 5.83. The van der Waals surface area contributed by atoms with Crippen LogP contribution in [0.5, 0.6) is 5.75 Å². The summed E-state index contributed by atoms with van der Waals surface area (Å²) in [5, 5.41) is 6.67. The van der Waals surface area contributed by atoms with Crippen molar-refractivity contribution < 1.29 is 4.74 Å². The van der Waals surface area contributed by atoms with Crippen LogP contribution in [0.15, 0.2) is 60.7 Å². The third-order valence-electron chi connectivity index (χ3n) is 4.05. The number of unbranched alkanes of at least 4 members (excludes halogenated alkanes) is 1. The van der Waals surface area contributed by atoms with E-state index in [-0.39, 0.29) is 0 Å². The average Bonchev–Trinajstić information content (AvgIpc) is 2.68. The predicted molar refractivity (Wildman–Crippen MR) is 111 cm³/mol. The van der Waals surface area contributed by atoms with E-state index in [1.165, 1.54) is 0 Å². The minimum Gasteiger partial charge on any atom is -0.489 e. The number of aromatic nitrogens is 2. The molecular formula is C22H26N4O. The van der Waals surface area contributed by atoms with Crippen LogP contribution in [0.1, 0.15) is 31.2 Å². The second-order valence-corrected chi connectivity index (χ2v) is 6.39. The van der Waals surface area contributed by atoms with E-state index in [9.17, 15) is 0 Å². The second kappa shape index (κ2) is 9.57. The van der Waals surface area contributed by atoms with E-state index < -0.39 is 0 Å². The molecule has 0 bridgehead atoms. The Hall–Kier alpha value is -3.08. The Balaban J connectivity index is 1.59. The van der Waals surface area contributed by atoms with Gasteiger partial charge in [0.05, 0.1) is 0 Å². The first-order valence-corrected chi connectivity index (χ1v) is 9.36. The third kappa shape index (κ3) is 5.99. The lowest BCUT2D eigenvalue weighted by atomic mass is 10.2. The molecule has 5 nitrogen and oxygen atoms in total. The molecule has 27 heavy (non-hydrogen) atoms. The summed E-state index contributed by atoms with van der Waals surface area (Å²) >= 11 is 0. The van der Waals surface area contributed by atoms with Crippen LogP contribution in [0.3, 0.4) is 0 Å². The number of anilines is 3. The van der Waals surface area contributed by atoms with Crippen LogP contribution in [0.4, 0.5) is 17.3 Å². The molecule has 2 aromatic carbocycles. The van der Waals surface area contributed by atoms with Crippen LogP contribution in [0.25, 0.3) is 0 Å². The van der Waals surface area contributed by atoms with Gasteiger partial charge in [0.25, 0.3) is 0 Å². The fourth-order valence-corrected chi connectivity index (χ4v) is 2.64. The first-order chi connectivity index (χ1) is 13.2. The molecule has 1 heterocycles. The molecule has 3 aromatic rings. The fourth-order valence-electron chi connectivity index (χ4n) is 2.64. The fraction of sp³-hybridized carbons (Fsp3) is 0.273. The highest BCUT2D eigenvalue weighted by Gasteiger charge is 2.03. The van der Waals surface area contributed by atoms with Gasteiger partial charge < -0.3 is 15.4 Å².